The molecule has 0 aliphatic heterocycles. The lowest BCUT2D eigenvalue weighted by atomic mass is 9.98. The Morgan fingerprint density at radius 1 is 0.792 bits per heavy atom. The van der Waals surface area contributed by atoms with E-state index in [2.05, 4.69) is 49.2 Å². The number of para-hydroxylation sites is 1. The molecule has 0 aliphatic rings. The Balaban J connectivity index is 1.88. The highest BCUT2D eigenvalue weighted by Crippen LogP contribution is 2.28. The average Bonchev–Trinajstić information content (AvgIpc) is 2.63. The predicted octanol–water partition coefficient (Wildman–Crippen LogP) is 5.84. The maximum Gasteiger partial charge on any atom is 0.111 e. The highest BCUT2D eigenvalue weighted by molar-refractivity contribution is 7.81. The Labute approximate surface area is 148 Å². The maximum absolute atomic E-state index is 5.57. The number of hydrogen-bond acceptors (Lipinski definition) is 1. The summed E-state index contributed by atoms with van der Waals surface area (Å²) >= 11 is 5.57. The van der Waals surface area contributed by atoms with Crippen molar-refractivity contribution in [1.82, 2.24) is 0 Å². The minimum atomic E-state index is 0.711. The Kier molecular flexibility index (Phi) is 4.88. The van der Waals surface area contributed by atoms with E-state index >= 15 is 0 Å². The number of rotatable bonds is 4. The number of thiocarbonyl (C=S) groups is 1. The molecule has 0 amide bonds. The first kappa shape index (κ1) is 16.2. The van der Waals surface area contributed by atoms with Gasteiger partial charge < -0.3 is 5.32 Å². The summed E-state index contributed by atoms with van der Waals surface area (Å²) in [5.74, 6) is 0. The van der Waals surface area contributed by atoms with Crippen molar-refractivity contribution in [1.29, 1.82) is 0 Å². The van der Waals surface area contributed by atoms with Crippen LogP contribution in [0.1, 0.15) is 22.3 Å². The normalized spacial score (nSPS) is 10.2. The van der Waals surface area contributed by atoms with E-state index in [-0.39, 0.29) is 0 Å². The van der Waals surface area contributed by atoms with Gasteiger partial charge in [0.2, 0.25) is 0 Å². The van der Waals surface area contributed by atoms with Gasteiger partial charge in [-0.15, -0.1) is 0 Å². The summed E-state index contributed by atoms with van der Waals surface area (Å²) in [6, 6.07) is 26.5. The largest absolute Gasteiger partial charge is 0.346 e. The molecular formula is C22H19NS. The second-order valence-electron chi connectivity index (χ2n) is 5.71. The molecule has 0 aliphatic carbocycles. The standard InChI is InChI=1S/C22H19NS/c1-16-12-14-19(15-13-16)22(24)23-21-11-7-6-10-20(21)17(2)18-8-4-3-5-9-18/h3-15H,2H2,1H3,(H,23,24). The molecule has 0 atom stereocenters. The lowest BCUT2D eigenvalue weighted by Gasteiger charge is -2.15. The molecule has 24 heavy (non-hydrogen) atoms. The fourth-order valence-corrected chi connectivity index (χ4v) is 2.80. The van der Waals surface area contributed by atoms with Gasteiger partial charge in [0.15, 0.2) is 0 Å². The third-order valence-electron chi connectivity index (χ3n) is 3.94. The summed E-state index contributed by atoms with van der Waals surface area (Å²) in [5.41, 5.74) is 6.34. The zero-order valence-corrected chi connectivity index (χ0v) is 14.4. The first-order chi connectivity index (χ1) is 11.6. The van der Waals surface area contributed by atoms with Gasteiger partial charge in [0.05, 0.1) is 0 Å². The van der Waals surface area contributed by atoms with Gasteiger partial charge in [0.25, 0.3) is 0 Å². The molecule has 1 nitrogen and oxygen atoms in total. The van der Waals surface area contributed by atoms with E-state index in [4.69, 9.17) is 12.2 Å². The molecule has 0 spiro atoms. The maximum atomic E-state index is 5.57. The van der Waals surface area contributed by atoms with Crippen LogP contribution in [0.4, 0.5) is 5.69 Å². The van der Waals surface area contributed by atoms with Gasteiger partial charge in [-0.3, -0.25) is 0 Å². The van der Waals surface area contributed by atoms with Crippen LogP contribution in [0.5, 0.6) is 0 Å². The summed E-state index contributed by atoms with van der Waals surface area (Å²) in [6.45, 7) is 6.33. The Morgan fingerprint density at radius 2 is 1.42 bits per heavy atom. The third kappa shape index (κ3) is 3.61. The van der Waals surface area contributed by atoms with Crippen LogP contribution in [0.2, 0.25) is 0 Å². The summed E-state index contributed by atoms with van der Waals surface area (Å²) < 4.78 is 0. The van der Waals surface area contributed by atoms with Crippen LogP contribution in [-0.2, 0) is 0 Å². The van der Waals surface area contributed by atoms with Crippen LogP contribution >= 0.6 is 12.2 Å². The molecule has 0 saturated heterocycles. The first-order valence-electron chi connectivity index (χ1n) is 7.87. The quantitative estimate of drug-likeness (QED) is 0.603. The van der Waals surface area contributed by atoms with Gasteiger partial charge in [-0.25, -0.2) is 0 Å². The fourth-order valence-electron chi connectivity index (χ4n) is 2.55. The lowest BCUT2D eigenvalue weighted by molar-refractivity contribution is 1.46. The van der Waals surface area contributed by atoms with Gasteiger partial charge in [-0.05, 0) is 24.1 Å². The molecule has 3 aromatic rings. The van der Waals surface area contributed by atoms with Gasteiger partial charge in [-0.2, -0.15) is 0 Å². The minimum Gasteiger partial charge on any atom is -0.346 e. The van der Waals surface area contributed by atoms with E-state index in [0.717, 1.165) is 28.0 Å². The van der Waals surface area contributed by atoms with Gasteiger partial charge in [0, 0.05) is 16.8 Å². The van der Waals surface area contributed by atoms with Crippen molar-refractivity contribution < 1.29 is 0 Å². The van der Waals surface area contributed by atoms with E-state index in [1.807, 2.05) is 48.5 Å². The molecule has 0 saturated carbocycles. The molecule has 0 heterocycles. The number of hydrogen-bond donors (Lipinski definition) is 1. The van der Waals surface area contributed by atoms with Crippen LogP contribution in [0.25, 0.3) is 5.57 Å². The highest BCUT2D eigenvalue weighted by Gasteiger charge is 2.09. The van der Waals surface area contributed by atoms with Crippen molar-refractivity contribution in [3.05, 3.63) is 108 Å². The van der Waals surface area contributed by atoms with E-state index in [1.165, 1.54) is 5.56 Å². The smallest absolute Gasteiger partial charge is 0.111 e. The number of nitrogens with one attached hydrogen (secondary N) is 1. The van der Waals surface area contributed by atoms with Gasteiger partial charge in [0.1, 0.15) is 4.99 Å². The van der Waals surface area contributed by atoms with Crippen LogP contribution < -0.4 is 5.32 Å². The molecule has 0 radical (unpaired) electrons. The highest BCUT2D eigenvalue weighted by atomic mass is 32.1. The van der Waals surface area contributed by atoms with Crippen molar-refractivity contribution >= 4 is 28.5 Å². The molecule has 3 aromatic carbocycles. The first-order valence-corrected chi connectivity index (χ1v) is 8.28. The summed E-state index contributed by atoms with van der Waals surface area (Å²) in [6.07, 6.45) is 0. The molecule has 118 valence electrons. The monoisotopic (exact) mass is 329 g/mol. The Hall–Kier alpha value is -2.71. The van der Waals surface area contributed by atoms with Crippen molar-refractivity contribution in [2.45, 2.75) is 6.92 Å². The van der Waals surface area contributed by atoms with Gasteiger partial charge in [-0.1, -0.05) is 97.2 Å². The van der Waals surface area contributed by atoms with E-state index in [9.17, 15) is 0 Å². The van der Waals surface area contributed by atoms with Crippen LogP contribution in [-0.4, -0.2) is 4.99 Å². The Morgan fingerprint density at radius 3 is 2.12 bits per heavy atom. The zero-order chi connectivity index (χ0) is 16.9. The van der Waals surface area contributed by atoms with Crippen LogP contribution in [0.15, 0.2) is 85.4 Å². The number of benzene rings is 3. The third-order valence-corrected chi connectivity index (χ3v) is 4.27. The van der Waals surface area contributed by atoms with Crippen molar-refractivity contribution in [3.63, 3.8) is 0 Å². The van der Waals surface area contributed by atoms with Crippen LogP contribution in [0, 0.1) is 6.92 Å². The molecule has 3 rings (SSSR count). The molecule has 2 heteroatoms. The van der Waals surface area contributed by atoms with E-state index in [0.29, 0.717) is 4.99 Å². The number of anilines is 1. The molecular weight excluding hydrogens is 310 g/mol. The van der Waals surface area contributed by atoms with E-state index < -0.39 is 0 Å². The summed E-state index contributed by atoms with van der Waals surface area (Å²) in [4.78, 5) is 0.711. The molecule has 1 N–H and O–H groups in total. The average molecular weight is 329 g/mol. The summed E-state index contributed by atoms with van der Waals surface area (Å²) in [7, 11) is 0. The second-order valence-corrected chi connectivity index (χ2v) is 6.12. The SMILES string of the molecule is C=C(c1ccccc1)c1ccccc1NC(=S)c1ccc(C)cc1. The van der Waals surface area contributed by atoms with Crippen molar-refractivity contribution in [3.8, 4) is 0 Å². The Bertz CT molecular complexity index is 864. The summed E-state index contributed by atoms with van der Waals surface area (Å²) in [5, 5.41) is 3.37. The predicted molar refractivity (Wildman–Crippen MR) is 108 cm³/mol. The molecule has 0 unspecified atom stereocenters. The van der Waals surface area contributed by atoms with Crippen molar-refractivity contribution in [2.24, 2.45) is 0 Å². The second kappa shape index (κ2) is 7.24. The molecule has 0 bridgehead atoms. The number of aryl methyl sites for hydroxylation is 1. The molecule has 0 fully saturated rings. The molecule has 0 aromatic heterocycles. The van der Waals surface area contributed by atoms with Gasteiger partial charge >= 0.3 is 0 Å². The zero-order valence-electron chi connectivity index (χ0n) is 13.6. The lowest BCUT2D eigenvalue weighted by Crippen LogP contribution is -2.11. The minimum absolute atomic E-state index is 0.711. The van der Waals surface area contributed by atoms with Crippen LogP contribution in [0.3, 0.4) is 0 Å². The topological polar surface area (TPSA) is 12.0 Å². The van der Waals surface area contributed by atoms with E-state index in [1.54, 1.807) is 0 Å². The fraction of sp³-hybridized carbons (Fsp3) is 0.0455. The van der Waals surface area contributed by atoms with Crippen molar-refractivity contribution in [2.75, 3.05) is 5.32 Å².